The quantitative estimate of drug-likeness (QED) is 0.741. The van der Waals surface area contributed by atoms with Crippen molar-refractivity contribution in [3.8, 4) is 0 Å². The molecule has 0 radical (unpaired) electrons. The second-order valence-corrected chi connectivity index (χ2v) is 8.69. The van der Waals surface area contributed by atoms with E-state index in [0.29, 0.717) is 43.9 Å². The van der Waals surface area contributed by atoms with Crippen LogP contribution < -0.4 is 10.0 Å². The van der Waals surface area contributed by atoms with Crippen molar-refractivity contribution in [2.45, 2.75) is 19.4 Å². The van der Waals surface area contributed by atoms with Gasteiger partial charge in [-0.2, -0.15) is 0 Å². The highest BCUT2D eigenvalue weighted by atomic mass is 35.5. The molecule has 1 aliphatic rings. The molecule has 3 rings (SSSR count). The lowest BCUT2D eigenvalue weighted by atomic mass is 10.1. The predicted octanol–water partition coefficient (Wildman–Crippen LogP) is 2.42. The van der Waals surface area contributed by atoms with Crippen LogP contribution in [0.5, 0.6) is 0 Å². The van der Waals surface area contributed by atoms with Crippen LogP contribution in [0.3, 0.4) is 0 Å². The number of carbonyl (C=O) groups excluding carboxylic acids is 1. The van der Waals surface area contributed by atoms with E-state index < -0.39 is 10.0 Å². The van der Waals surface area contributed by atoms with E-state index in [1.807, 2.05) is 36.4 Å². The van der Waals surface area contributed by atoms with Crippen molar-refractivity contribution >= 4 is 34.0 Å². The number of hydrogen-bond acceptors (Lipinski definition) is 4. The number of halogens is 1. The average Bonchev–Trinajstić information content (AvgIpc) is 3.09. The van der Waals surface area contributed by atoms with Gasteiger partial charge in [-0.3, -0.25) is 9.10 Å². The van der Waals surface area contributed by atoms with Crippen molar-refractivity contribution < 1.29 is 13.2 Å². The van der Waals surface area contributed by atoms with Crippen LogP contribution in [-0.2, 0) is 23.0 Å². The van der Waals surface area contributed by atoms with Crippen LogP contribution >= 0.6 is 12.4 Å². The lowest BCUT2D eigenvalue weighted by Gasteiger charge is -2.23. The Bertz CT molecular complexity index is 920. The molecule has 2 aromatic rings. The standard InChI is InChI=1S/C20H25N3O3S.ClH/c1-27(25,26)23-13-10-17-14-18(8-9-19(17)23)20(24)22(12-5-11-21)15-16-6-3-2-4-7-16;/h2-4,6-9,14H,5,10-13,15,21H2,1H3;1H. The maximum Gasteiger partial charge on any atom is 0.254 e. The zero-order valence-corrected chi connectivity index (χ0v) is 17.5. The van der Waals surface area contributed by atoms with Crippen LogP contribution in [0.15, 0.2) is 48.5 Å². The number of fused-ring (bicyclic) bond motifs is 1. The number of sulfonamides is 1. The first-order valence-corrected chi connectivity index (χ1v) is 10.9. The Morgan fingerprint density at radius 1 is 1.18 bits per heavy atom. The highest BCUT2D eigenvalue weighted by molar-refractivity contribution is 7.92. The predicted molar refractivity (Wildman–Crippen MR) is 114 cm³/mol. The minimum absolute atomic E-state index is 0. The topological polar surface area (TPSA) is 83.7 Å². The molecule has 0 atom stereocenters. The molecule has 8 heteroatoms. The Labute approximate surface area is 172 Å². The van der Waals surface area contributed by atoms with Gasteiger partial charge in [-0.05, 0) is 48.7 Å². The monoisotopic (exact) mass is 423 g/mol. The summed E-state index contributed by atoms with van der Waals surface area (Å²) in [5, 5.41) is 0. The Kier molecular flexibility index (Phi) is 7.46. The van der Waals surface area contributed by atoms with Gasteiger partial charge in [0.05, 0.1) is 11.9 Å². The fourth-order valence-corrected chi connectivity index (χ4v) is 4.33. The first-order valence-electron chi connectivity index (χ1n) is 9.04. The third-order valence-corrected chi connectivity index (χ3v) is 5.90. The van der Waals surface area contributed by atoms with Crippen LogP contribution in [0.2, 0.25) is 0 Å². The lowest BCUT2D eigenvalue weighted by Crippen LogP contribution is -2.32. The molecule has 2 N–H and O–H groups in total. The zero-order chi connectivity index (χ0) is 19.4. The van der Waals surface area contributed by atoms with E-state index in [9.17, 15) is 13.2 Å². The van der Waals surface area contributed by atoms with E-state index >= 15 is 0 Å². The van der Waals surface area contributed by atoms with Crippen molar-refractivity contribution in [1.29, 1.82) is 0 Å². The maximum absolute atomic E-state index is 13.1. The van der Waals surface area contributed by atoms with Crippen LogP contribution in [0.4, 0.5) is 5.69 Å². The Hall–Kier alpha value is -2.09. The smallest absolute Gasteiger partial charge is 0.254 e. The van der Waals surface area contributed by atoms with Crippen molar-refractivity contribution in [3.05, 3.63) is 65.2 Å². The number of rotatable bonds is 7. The van der Waals surface area contributed by atoms with E-state index in [0.717, 1.165) is 17.5 Å². The summed E-state index contributed by atoms with van der Waals surface area (Å²) in [4.78, 5) is 14.9. The van der Waals surface area contributed by atoms with Gasteiger partial charge in [-0.25, -0.2) is 8.42 Å². The largest absolute Gasteiger partial charge is 0.334 e. The number of anilines is 1. The Morgan fingerprint density at radius 3 is 2.54 bits per heavy atom. The number of hydrogen-bond donors (Lipinski definition) is 1. The van der Waals surface area contributed by atoms with Crippen molar-refractivity contribution in [3.63, 3.8) is 0 Å². The van der Waals surface area contributed by atoms with Gasteiger partial charge in [-0.1, -0.05) is 30.3 Å². The summed E-state index contributed by atoms with van der Waals surface area (Å²) in [6, 6.07) is 15.1. The minimum Gasteiger partial charge on any atom is -0.334 e. The summed E-state index contributed by atoms with van der Waals surface area (Å²) in [6.07, 6.45) is 2.55. The van der Waals surface area contributed by atoms with Crippen LogP contribution in [-0.4, -0.2) is 45.1 Å². The molecular formula is C20H26ClN3O3S. The van der Waals surface area contributed by atoms with E-state index in [4.69, 9.17) is 5.73 Å². The maximum atomic E-state index is 13.1. The van der Waals surface area contributed by atoms with E-state index in [2.05, 4.69) is 0 Å². The summed E-state index contributed by atoms with van der Waals surface area (Å²) in [6.45, 7) is 2.04. The number of carbonyl (C=O) groups is 1. The second kappa shape index (κ2) is 9.41. The molecule has 28 heavy (non-hydrogen) atoms. The third kappa shape index (κ3) is 5.04. The molecule has 0 fully saturated rings. The molecule has 0 aromatic heterocycles. The molecule has 0 aliphatic carbocycles. The zero-order valence-electron chi connectivity index (χ0n) is 15.9. The number of nitrogens with zero attached hydrogens (tertiary/aromatic N) is 2. The van der Waals surface area contributed by atoms with Gasteiger partial charge < -0.3 is 10.6 Å². The highest BCUT2D eigenvalue weighted by Gasteiger charge is 2.27. The summed E-state index contributed by atoms with van der Waals surface area (Å²) >= 11 is 0. The average molecular weight is 424 g/mol. The Balaban J connectivity index is 0.00000280. The molecule has 6 nitrogen and oxygen atoms in total. The van der Waals surface area contributed by atoms with Gasteiger partial charge in [0.2, 0.25) is 10.0 Å². The van der Waals surface area contributed by atoms with Gasteiger partial charge >= 0.3 is 0 Å². The molecule has 152 valence electrons. The second-order valence-electron chi connectivity index (χ2n) is 6.78. The molecule has 0 unspecified atom stereocenters. The Morgan fingerprint density at radius 2 is 1.89 bits per heavy atom. The lowest BCUT2D eigenvalue weighted by molar-refractivity contribution is 0.0742. The third-order valence-electron chi connectivity index (χ3n) is 4.72. The van der Waals surface area contributed by atoms with Gasteiger partial charge in [0.1, 0.15) is 0 Å². The van der Waals surface area contributed by atoms with Crippen molar-refractivity contribution in [2.24, 2.45) is 5.73 Å². The summed E-state index contributed by atoms with van der Waals surface area (Å²) in [7, 11) is -3.29. The number of amides is 1. The summed E-state index contributed by atoms with van der Waals surface area (Å²) in [5.41, 5.74) is 8.85. The molecular weight excluding hydrogens is 398 g/mol. The molecule has 0 saturated carbocycles. The molecule has 2 aromatic carbocycles. The minimum atomic E-state index is -3.29. The molecule has 0 spiro atoms. The van der Waals surface area contributed by atoms with E-state index in [-0.39, 0.29) is 18.3 Å². The molecule has 1 amide bonds. The molecule has 1 aliphatic heterocycles. The van der Waals surface area contributed by atoms with Gasteiger partial charge in [0, 0.05) is 25.2 Å². The van der Waals surface area contributed by atoms with Crippen LogP contribution in [0.1, 0.15) is 27.9 Å². The van der Waals surface area contributed by atoms with Crippen molar-refractivity contribution in [2.75, 3.05) is 30.2 Å². The van der Waals surface area contributed by atoms with E-state index in [1.54, 1.807) is 17.0 Å². The van der Waals surface area contributed by atoms with Crippen molar-refractivity contribution in [1.82, 2.24) is 4.90 Å². The fraction of sp³-hybridized carbons (Fsp3) is 0.350. The fourth-order valence-electron chi connectivity index (χ4n) is 3.37. The molecule has 0 saturated heterocycles. The highest BCUT2D eigenvalue weighted by Crippen LogP contribution is 2.31. The summed E-state index contributed by atoms with van der Waals surface area (Å²) < 4.78 is 25.2. The number of nitrogens with two attached hydrogens (primary N) is 1. The van der Waals surface area contributed by atoms with Gasteiger partial charge in [-0.15, -0.1) is 12.4 Å². The summed E-state index contributed by atoms with van der Waals surface area (Å²) in [5.74, 6) is -0.0621. The number of benzene rings is 2. The van der Waals surface area contributed by atoms with Gasteiger partial charge in [0.15, 0.2) is 0 Å². The van der Waals surface area contributed by atoms with Gasteiger partial charge in [0.25, 0.3) is 5.91 Å². The molecule has 1 heterocycles. The first-order chi connectivity index (χ1) is 12.9. The SMILES string of the molecule is CS(=O)(=O)N1CCc2cc(C(=O)N(CCCN)Cc3ccccc3)ccc21.Cl. The van der Waals surface area contributed by atoms with E-state index in [1.165, 1.54) is 10.6 Å². The van der Waals surface area contributed by atoms with Crippen LogP contribution in [0.25, 0.3) is 0 Å². The normalized spacial score (nSPS) is 13.0. The first kappa shape index (κ1) is 22.2. The van der Waals surface area contributed by atoms with Crippen LogP contribution in [0, 0.1) is 0 Å². The molecule has 0 bridgehead atoms.